The van der Waals surface area contributed by atoms with Crippen molar-refractivity contribution < 1.29 is 19.7 Å². The molecule has 0 spiro atoms. The minimum absolute atomic E-state index is 0.0283. The van der Waals surface area contributed by atoms with E-state index < -0.39 is 12.2 Å². The SMILES string of the molecule is CSCC(NC(=O)OC(CO)CO)C(C)C. The van der Waals surface area contributed by atoms with Gasteiger partial charge in [-0.2, -0.15) is 11.8 Å². The first-order chi connectivity index (χ1) is 7.54. The van der Waals surface area contributed by atoms with Crippen molar-refractivity contribution in [3.05, 3.63) is 0 Å². The number of amides is 1. The van der Waals surface area contributed by atoms with E-state index >= 15 is 0 Å². The number of hydrogen-bond acceptors (Lipinski definition) is 5. The quantitative estimate of drug-likeness (QED) is 0.612. The molecule has 1 unspecified atom stereocenters. The highest BCUT2D eigenvalue weighted by Gasteiger charge is 2.18. The van der Waals surface area contributed by atoms with Gasteiger partial charge in [-0.3, -0.25) is 0 Å². The summed E-state index contributed by atoms with van der Waals surface area (Å²) in [7, 11) is 0. The van der Waals surface area contributed by atoms with E-state index in [0.717, 1.165) is 5.75 Å². The maximum absolute atomic E-state index is 11.4. The summed E-state index contributed by atoms with van der Waals surface area (Å²) < 4.78 is 4.82. The van der Waals surface area contributed by atoms with Crippen LogP contribution in [-0.4, -0.2) is 53.7 Å². The summed E-state index contributed by atoms with van der Waals surface area (Å²) in [5.41, 5.74) is 0. The fraction of sp³-hybridized carbons (Fsp3) is 0.900. The average molecular weight is 251 g/mol. The highest BCUT2D eigenvalue weighted by molar-refractivity contribution is 7.98. The lowest BCUT2D eigenvalue weighted by atomic mass is 10.1. The van der Waals surface area contributed by atoms with Gasteiger partial charge in [0.15, 0.2) is 0 Å². The van der Waals surface area contributed by atoms with Crippen LogP contribution in [0, 0.1) is 5.92 Å². The Labute approximate surface area is 101 Å². The minimum atomic E-state index is -0.845. The van der Waals surface area contributed by atoms with Crippen molar-refractivity contribution in [2.24, 2.45) is 5.92 Å². The normalized spacial score (nSPS) is 12.9. The van der Waals surface area contributed by atoms with Gasteiger partial charge >= 0.3 is 6.09 Å². The largest absolute Gasteiger partial charge is 0.441 e. The molecule has 1 amide bonds. The highest BCUT2D eigenvalue weighted by Crippen LogP contribution is 2.08. The molecule has 0 rings (SSSR count). The van der Waals surface area contributed by atoms with Gasteiger partial charge in [-0.25, -0.2) is 4.79 Å². The summed E-state index contributed by atoms with van der Waals surface area (Å²) in [5.74, 6) is 1.11. The molecule has 6 heteroatoms. The van der Waals surface area contributed by atoms with Crippen LogP contribution in [-0.2, 0) is 4.74 Å². The fourth-order valence-corrected chi connectivity index (χ4v) is 1.88. The first-order valence-corrected chi connectivity index (χ1v) is 6.62. The van der Waals surface area contributed by atoms with Crippen molar-refractivity contribution >= 4 is 17.9 Å². The number of nitrogens with one attached hydrogen (secondary N) is 1. The third kappa shape index (κ3) is 6.19. The van der Waals surface area contributed by atoms with Crippen LogP contribution in [0.4, 0.5) is 4.79 Å². The minimum Gasteiger partial charge on any atom is -0.441 e. The van der Waals surface area contributed by atoms with Gasteiger partial charge in [-0.05, 0) is 12.2 Å². The molecule has 0 radical (unpaired) electrons. The predicted octanol–water partition coefficient (Wildman–Crippen LogP) is 0.453. The molecule has 0 aromatic heterocycles. The van der Waals surface area contributed by atoms with Crippen LogP contribution < -0.4 is 5.32 Å². The van der Waals surface area contributed by atoms with Gasteiger partial charge < -0.3 is 20.3 Å². The maximum atomic E-state index is 11.4. The number of rotatable bonds is 7. The molecular formula is C10H21NO4S. The van der Waals surface area contributed by atoms with Crippen LogP contribution in [0.5, 0.6) is 0 Å². The van der Waals surface area contributed by atoms with Gasteiger partial charge in [0, 0.05) is 11.8 Å². The molecule has 0 aliphatic rings. The van der Waals surface area contributed by atoms with E-state index in [1.54, 1.807) is 11.8 Å². The monoisotopic (exact) mass is 251 g/mol. The second-order valence-corrected chi connectivity index (χ2v) is 4.75. The van der Waals surface area contributed by atoms with Crippen LogP contribution in [0.25, 0.3) is 0 Å². The first-order valence-electron chi connectivity index (χ1n) is 5.22. The number of aliphatic hydroxyl groups is 2. The molecule has 0 aromatic carbocycles. The van der Waals surface area contributed by atoms with E-state index in [1.807, 2.05) is 20.1 Å². The molecule has 3 N–H and O–H groups in total. The Morgan fingerprint density at radius 2 is 1.94 bits per heavy atom. The molecule has 16 heavy (non-hydrogen) atoms. The van der Waals surface area contributed by atoms with E-state index in [2.05, 4.69) is 5.32 Å². The summed E-state index contributed by atoms with van der Waals surface area (Å²) >= 11 is 1.64. The highest BCUT2D eigenvalue weighted by atomic mass is 32.2. The molecule has 0 aliphatic carbocycles. The first kappa shape index (κ1) is 15.5. The van der Waals surface area contributed by atoms with E-state index in [1.165, 1.54) is 0 Å². The Hall–Kier alpha value is -0.460. The van der Waals surface area contributed by atoms with Gasteiger partial charge in [-0.1, -0.05) is 13.8 Å². The van der Waals surface area contributed by atoms with Gasteiger partial charge in [0.05, 0.1) is 13.2 Å². The van der Waals surface area contributed by atoms with Crippen molar-refractivity contribution in [3.8, 4) is 0 Å². The third-order valence-electron chi connectivity index (χ3n) is 2.14. The number of alkyl carbamates (subject to hydrolysis) is 1. The van der Waals surface area contributed by atoms with Gasteiger partial charge in [-0.15, -0.1) is 0 Å². The standard InChI is InChI=1S/C10H21NO4S/c1-7(2)9(6-16-3)11-10(14)15-8(4-12)5-13/h7-9,12-13H,4-6H2,1-3H3,(H,11,14). The Morgan fingerprint density at radius 3 is 2.31 bits per heavy atom. The van der Waals surface area contributed by atoms with Crippen LogP contribution >= 0.6 is 11.8 Å². The van der Waals surface area contributed by atoms with Crippen LogP contribution in [0.1, 0.15) is 13.8 Å². The number of hydrogen-bond donors (Lipinski definition) is 3. The smallest absolute Gasteiger partial charge is 0.407 e. The Balaban J connectivity index is 4.08. The zero-order valence-corrected chi connectivity index (χ0v) is 10.8. The lowest BCUT2D eigenvalue weighted by molar-refractivity contribution is 0.0206. The van der Waals surface area contributed by atoms with E-state index in [4.69, 9.17) is 14.9 Å². The number of ether oxygens (including phenoxy) is 1. The molecule has 0 aromatic rings. The van der Waals surface area contributed by atoms with Gasteiger partial charge in [0.2, 0.25) is 0 Å². The van der Waals surface area contributed by atoms with Crippen LogP contribution in [0.3, 0.4) is 0 Å². The van der Waals surface area contributed by atoms with Crippen molar-refractivity contribution in [3.63, 3.8) is 0 Å². The number of carbonyl (C=O) groups excluding carboxylic acids is 1. The molecule has 5 nitrogen and oxygen atoms in total. The summed E-state index contributed by atoms with van der Waals surface area (Å²) in [6, 6.07) is 0.0283. The third-order valence-corrected chi connectivity index (χ3v) is 2.83. The molecule has 0 fully saturated rings. The number of aliphatic hydroxyl groups excluding tert-OH is 2. The second-order valence-electron chi connectivity index (χ2n) is 3.84. The molecule has 0 aliphatic heterocycles. The Bertz CT molecular complexity index is 197. The maximum Gasteiger partial charge on any atom is 0.407 e. The summed E-state index contributed by atoms with van der Waals surface area (Å²) in [5, 5.41) is 20.2. The summed E-state index contributed by atoms with van der Waals surface area (Å²) in [6.45, 7) is 3.27. The van der Waals surface area contributed by atoms with Crippen LogP contribution in [0.2, 0.25) is 0 Å². The molecular weight excluding hydrogens is 230 g/mol. The topological polar surface area (TPSA) is 78.8 Å². The van der Waals surface area contributed by atoms with Crippen molar-refractivity contribution in [1.29, 1.82) is 0 Å². The molecule has 96 valence electrons. The van der Waals surface area contributed by atoms with E-state index in [-0.39, 0.29) is 19.3 Å². The van der Waals surface area contributed by atoms with Crippen molar-refractivity contribution in [2.45, 2.75) is 26.0 Å². The van der Waals surface area contributed by atoms with Crippen LogP contribution in [0.15, 0.2) is 0 Å². The number of thioether (sulfide) groups is 1. The number of carbonyl (C=O) groups is 1. The average Bonchev–Trinajstić information content (AvgIpc) is 2.25. The van der Waals surface area contributed by atoms with E-state index in [0.29, 0.717) is 5.92 Å². The zero-order chi connectivity index (χ0) is 12.6. The van der Waals surface area contributed by atoms with Crippen molar-refractivity contribution in [1.82, 2.24) is 5.32 Å². The summed E-state index contributed by atoms with van der Waals surface area (Å²) in [4.78, 5) is 11.4. The molecule has 0 bridgehead atoms. The molecule has 0 saturated carbocycles. The Morgan fingerprint density at radius 1 is 1.38 bits per heavy atom. The predicted molar refractivity (Wildman–Crippen MR) is 64.6 cm³/mol. The van der Waals surface area contributed by atoms with E-state index in [9.17, 15) is 4.79 Å². The fourth-order valence-electron chi connectivity index (χ4n) is 1.05. The molecule has 0 heterocycles. The lowest BCUT2D eigenvalue weighted by Crippen LogP contribution is -2.42. The second kappa shape index (κ2) is 8.66. The van der Waals surface area contributed by atoms with Crippen molar-refractivity contribution in [2.75, 3.05) is 25.2 Å². The zero-order valence-electron chi connectivity index (χ0n) is 9.97. The molecule has 0 saturated heterocycles. The summed E-state index contributed by atoms with van der Waals surface area (Å²) in [6.07, 6.45) is 0.523. The Kier molecular flexibility index (Phi) is 8.42. The van der Waals surface area contributed by atoms with Gasteiger partial charge in [0.25, 0.3) is 0 Å². The molecule has 1 atom stereocenters. The lowest BCUT2D eigenvalue weighted by Gasteiger charge is -2.22. The van der Waals surface area contributed by atoms with Gasteiger partial charge in [0.1, 0.15) is 6.10 Å².